The summed E-state index contributed by atoms with van der Waals surface area (Å²) in [5.41, 5.74) is 8.22. The molecule has 0 aliphatic rings. The van der Waals surface area contributed by atoms with Crippen molar-refractivity contribution >= 4 is 11.6 Å². The molecule has 106 valence electrons. The number of nitrogens with two attached hydrogens (primary N) is 1. The Balaban J connectivity index is 2.57. The number of carbonyl (C=O) groups excluding carboxylic acids is 1. The number of alkyl halides is 3. The van der Waals surface area contributed by atoms with Gasteiger partial charge in [0.2, 0.25) is 0 Å². The lowest BCUT2D eigenvalue weighted by molar-refractivity contribution is -0.135. The molecule has 0 spiro atoms. The van der Waals surface area contributed by atoms with Crippen LogP contribution in [0.15, 0.2) is 12.1 Å². The highest BCUT2D eigenvalue weighted by Gasteiger charge is 2.26. The van der Waals surface area contributed by atoms with Crippen LogP contribution in [-0.4, -0.2) is 18.6 Å². The lowest BCUT2D eigenvalue weighted by Gasteiger charge is -2.11. The number of benzene rings is 1. The zero-order chi connectivity index (χ0) is 14.6. The molecule has 3 N–H and O–H groups in total. The molecule has 0 aliphatic heterocycles. The first-order valence-corrected chi connectivity index (χ1v) is 5.92. The van der Waals surface area contributed by atoms with Crippen LogP contribution in [0.5, 0.6) is 0 Å². The number of nitrogens with one attached hydrogen (secondary N) is 1. The van der Waals surface area contributed by atoms with Crippen molar-refractivity contribution in [3.8, 4) is 0 Å². The maximum absolute atomic E-state index is 11.9. The molecule has 0 radical (unpaired) electrons. The Morgan fingerprint density at radius 2 is 1.89 bits per heavy atom. The maximum Gasteiger partial charge on any atom is 0.389 e. The highest BCUT2D eigenvalue weighted by Crippen LogP contribution is 2.21. The molecular weight excluding hydrogens is 257 g/mol. The molecule has 0 heterocycles. The minimum Gasteiger partial charge on any atom is -0.398 e. The van der Waals surface area contributed by atoms with E-state index in [2.05, 4.69) is 5.32 Å². The summed E-state index contributed by atoms with van der Waals surface area (Å²) in [6, 6.07) is 3.32. The fraction of sp³-hybridized carbons (Fsp3) is 0.462. The Labute approximate surface area is 110 Å². The summed E-state index contributed by atoms with van der Waals surface area (Å²) in [4.78, 5) is 11.8. The minimum absolute atomic E-state index is 0.00837. The Morgan fingerprint density at radius 3 is 2.47 bits per heavy atom. The molecule has 0 aliphatic carbocycles. The number of hydrogen-bond donors (Lipinski definition) is 2. The molecule has 0 fully saturated rings. The van der Waals surface area contributed by atoms with Gasteiger partial charge < -0.3 is 11.1 Å². The fourth-order valence-corrected chi connectivity index (χ4v) is 1.70. The van der Waals surface area contributed by atoms with E-state index in [4.69, 9.17) is 5.73 Å². The van der Waals surface area contributed by atoms with E-state index < -0.39 is 18.5 Å². The van der Waals surface area contributed by atoms with Crippen molar-refractivity contribution in [2.24, 2.45) is 0 Å². The predicted molar refractivity (Wildman–Crippen MR) is 68.0 cm³/mol. The van der Waals surface area contributed by atoms with Crippen molar-refractivity contribution in [1.29, 1.82) is 0 Å². The van der Waals surface area contributed by atoms with Gasteiger partial charge in [0.05, 0.1) is 0 Å². The molecule has 19 heavy (non-hydrogen) atoms. The van der Waals surface area contributed by atoms with Crippen molar-refractivity contribution < 1.29 is 18.0 Å². The summed E-state index contributed by atoms with van der Waals surface area (Å²) in [6.45, 7) is 3.58. The third-order valence-corrected chi connectivity index (χ3v) is 2.78. The van der Waals surface area contributed by atoms with Gasteiger partial charge in [-0.2, -0.15) is 13.2 Å². The summed E-state index contributed by atoms with van der Waals surface area (Å²) in [6.07, 6.45) is -5.22. The van der Waals surface area contributed by atoms with Crippen LogP contribution in [0.2, 0.25) is 0 Å². The molecule has 0 aromatic heterocycles. The van der Waals surface area contributed by atoms with Crippen LogP contribution in [0.4, 0.5) is 18.9 Å². The van der Waals surface area contributed by atoms with Gasteiger partial charge >= 0.3 is 6.18 Å². The van der Waals surface area contributed by atoms with Crippen molar-refractivity contribution in [3.05, 3.63) is 28.8 Å². The summed E-state index contributed by atoms with van der Waals surface area (Å²) in [5.74, 6) is -0.397. The van der Waals surface area contributed by atoms with E-state index in [1.165, 1.54) is 0 Å². The van der Waals surface area contributed by atoms with Gasteiger partial charge in [-0.3, -0.25) is 4.79 Å². The van der Waals surface area contributed by atoms with E-state index in [0.29, 0.717) is 11.3 Å². The van der Waals surface area contributed by atoms with Gasteiger partial charge in [0.25, 0.3) is 5.91 Å². The van der Waals surface area contributed by atoms with Gasteiger partial charge in [-0.05, 0) is 37.5 Å². The van der Waals surface area contributed by atoms with Crippen LogP contribution in [0, 0.1) is 13.8 Å². The molecule has 0 saturated heterocycles. The summed E-state index contributed by atoms with van der Waals surface area (Å²) >= 11 is 0. The molecular formula is C13H17F3N2O. The number of nitrogen functional groups attached to an aromatic ring is 1. The highest BCUT2D eigenvalue weighted by atomic mass is 19.4. The Kier molecular flexibility index (Phi) is 4.80. The molecule has 1 aromatic rings. The minimum atomic E-state index is -4.19. The quantitative estimate of drug-likeness (QED) is 0.655. The zero-order valence-electron chi connectivity index (χ0n) is 10.9. The van der Waals surface area contributed by atoms with E-state index in [9.17, 15) is 18.0 Å². The van der Waals surface area contributed by atoms with E-state index in [-0.39, 0.29) is 13.0 Å². The first-order valence-electron chi connectivity index (χ1n) is 5.92. The van der Waals surface area contributed by atoms with E-state index >= 15 is 0 Å². The molecule has 3 nitrogen and oxygen atoms in total. The summed E-state index contributed by atoms with van der Waals surface area (Å²) < 4.78 is 35.8. The lowest BCUT2D eigenvalue weighted by atomic mass is 10.0. The van der Waals surface area contributed by atoms with Crippen molar-refractivity contribution in [1.82, 2.24) is 5.32 Å². The lowest BCUT2D eigenvalue weighted by Crippen LogP contribution is -2.26. The second-order valence-corrected chi connectivity index (χ2v) is 4.50. The average Bonchev–Trinajstić information content (AvgIpc) is 2.28. The van der Waals surface area contributed by atoms with E-state index in [1.54, 1.807) is 19.1 Å². The second-order valence-electron chi connectivity index (χ2n) is 4.50. The number of anilines is 1. The number of aryl methyl sites for hydroxylation is 2. The fourth-order valence-electron chi connectivity index (χ4n) is 1.70. The van der Waals surface area contributed by atoms with Crippen LogP contribution >= 0.6 is 0 Å². The number of hydrogen-bond acceptors (Lipinski definition) is 2. The largest absolute Gasteiger partial charge is 0.398 e. The van der Waals surface area contributed by atoms with Crippen LogP contribution in [0.3, 0.4) is 0 Å². The van der Waals surface area contributed by atoms with Gasteiger partial charge in [0.1, 0.15) is 0 Å². The molecule has 0 bridgehead atoms. The Bertz CT molecular complexity index is 470. The Hall–Kier alpha value is -1.72. The maximum atomic E-state index is 11.9. The summed E-state index contributed by atoms with van der Waals surface area (Å²) in [5, 5.41) is 2.46. The van der Waals surface area contributed by atoms with Crippen molar-refractivity contribution in [2.75, 3.05) is 12.3 Å². The van der Waals surface area contributed by atoms with Crippen molar-refractivity contribution in [2.45, 2.75) is 32.9 Å². The van der Waals surface area contributed by atoms with Crippen LogP contribution < -0.4 is 11.1 Å². The third kappa shape index (κ3) is 4.81. The summed E-state index contributed by atoms with van der Waals surface area (Å²) in [7, 11) is 0. The molecule has 0 atom stereocenters. The average molecular weight is 274 g/mol. The number of halogens is 3. The third-order valence-electron chi connectivity index (χ3n) is 2.78. The molecule has 1 amide bonds. The Morgan fingerprint density at radius 1 is 1.26 bits per heavy atom. The van der Waals surface area contributed by atoms with Gasteiger partial charge in [-0.25, -0.2) is 0 Å². The van der Waals surface area contributed by atoms with E-state index in [0.717, 1.165) is 11.1 Å². The van der Waals surface area contributed by atoms with E-state index in [1.807, 2.05) is 6.92 Å². The molecule has 1 rings (SSSR count). The van der Waals surface area contributed by atoms with Crippen LogP contribution in [0.1, 0.15) is 34.3 Å². The van der Waals surface area contributed by atoms with Gasteiger partial charge in [0.15, 0.2) is 0 Å². The molecule has 6 heteroatoms. The molecule has 0 saturated carbocycles. The van der Waals surface area contributed by atoms with Gasteiger partial charge in [0, 0.05) is 24.2 Å². The number of carbonyl (C=O) groups is 1. The number of amides is 1. The molecule has 1 aromatic carbocycles. The number of rotatable bonds is 4. The van der Waals surface area contributed by atoms with Gasteiger partial charge in [-0.15, -0.1) is 0 Å². The monoisotopic (exact) mass is 274 g/mol. The normalized spacial score (nSPS) is 11.4. The first kappa shape index (κ1) is 15.3. The molecule has 0 unspecified atom stereocenters. The zero-order valence-corrected chi connectivity index (χ0v) is 10.9. The van der Waals surface area contributed by atoms with Crippen molar-refractivity contribution in [3.63, 3.8) is 0 Å². The first-order chi connectivity index (χ1) is 8.70. The standard InChI is InChI=1S/C13H17F3N2O/c1-8-6-9(2)11(17)7-10(8)12(19)18-5-3-4-13(14,15)16/h6-7H,3-5,17H2,1-2H3,(H,18,19). The van der Waals surface area contributed by atoms with Crippen LogP contribution in [0.25, 0.3) is 0 Å². The van der Waals surface area contributed by atoms with Gasteiger partial charge in [-0.1, -0.05) is 6.07 Å². The highest BCUT2D eigenvalue weighted by molar-refractivity contribution is 5.96. The SMILES string of the molecule is Cc1cc(C)c(C(=O)NCCCC(F)(F)F)cc1N. The predicted octanol–water partition coefficient (Wildman–Crippen LogP) is 2.96. The van der Waals surface area contributed by atoms with Crippen LogP contribution in [-0.2, 0) is 0 Å². The second kappa shape index (κ2) is 5.95. The smallest absolute Gasteiger partial charge is 0.389 e. The topological polar surface area (TPSA) is 55.1 Å².